The van der Waals surface area contributed by atoms with Crippen molar-refractivity contribution in [1.82, 2.24) is 0 Å². The second-order valence-corrected chi connectivity index (χ2v) is 8.26. The van der Waals surface area contributed by atoms with Crippen molar-refractivity contribution < 1.29 is 27.0 Å². The summed E-state index contributed by atoms with van der Waals surface area (Å²) in [7, 11) is 0. The number of hydrogen-bond acceptors (Lipinski definition) is 2. The summed E-state index contributed by atoms with van der Waals surface area (Å²) in [5, 5.41) is 0. The molecular weight excluding hydrogens is 488 g/mol. The lowest BCUT2D eigenvalue weighted by atomic mass is 9.99. The maximum Gasteiger partial charge on any atom is 0.397 e. The fraction of sp³-hybridized carbons (Fsp3) is 0.280. The highest BCUT2D eigenvalue weighted by Crippen LogP contribution is 2.36. The molecule has 0 aromatic heterocycles. The maximum atomic E-state index is 14.2. The molecule has 0 spiro atoms. The molecule has 0 fully saturated rings. The van der Waals surface area contributed by atoms with Crippen LogP contribution in [0.1, 0.15) is 35.1 Å². The SMILES string of the molecule is CCOc1ccc(C(COCc2ccc(F)c(Cc3ccc(Br)cc3)c2)C(F)(F)F)cc1. The van der Waals surface area contributed by atoms with Gasteiger partial charge >= 0.3 is 6.18 Å². The fourth-order valence-electron chi connectivity index (χ4n) is 3.31. The van der Waals surface area contributed by atoms with E-state index in [1.807, 2.05) is 24.3 Å². The van der Waals surface area contributed by atoms with E-state index < -0.39 is 18.7 Å². The van der Waals surface area contributed by atoms with Crippen LogP contribution in [0.4, 0.5) is 17.6 Å². The minimum Gasteiger partial charge on any atom is -0.494 e. The minimum atomic E-state index is -4.46. The Balaban J connectivity index is 1.66. The zero-order valence-corrected chi connectivity index (χ0v) is 19.0. The number of ether oxygens (including phenoxy) is 2. The summed E-state index contributed by atoms with van der Waals surface area (Å²) >= 11 is 3.36. The Bertz CT molecular complexity index is 1000. The van der Waals surface area contributed by atoms with Crippen LogP contribution in [0.5, 0.6) is 5.75 Å². The zero-order valence-electron chi connectivity index (χ0n) is 17.5. The minimum absolute atomic E-state index is 0.0444. The summed E-state index contributed by atoms with van der Waals surface area (Å²) in [5.74, 6) is -1.61. The third kappa shape index (κ3) is 6.81. The summed E-state index contributed by atoms with van der Waals surface area (Å²) < 4.78 is 66.7. The molecule has 0 aliphatic heterocycles. The second-order valence-electron chi connectivity index (χ2n) is 7.34. The first-order chi connectivity index (χ1) is 15.3. The first kappa shape index (κ1) is 24.3. The van der Waals surface area contributed by atoms with Crippen molar-refractivity contribution in [1.29, 1.82) is 0 Å². The first-order valence-corrected chi connectivity index (χ1v) is 10.9. The van der Waals surface area contributed by atoms with Gasteiger partial charge in [0.25, 0.3) is 0 Å². The highest BCUT2D eigenvalue weighted by atomic mass is 79.9. The molecule has 32 heavy (non-hydrogen) atoms. The molecule has 1 atom stereocenters. The van der Waals surface area contributed by atoms with Gasteiger partial charge < -0.3 is 9.47 Å². The molecular formula is C25H23BrF4O2. The Morgan fingerprint density at radius 2 is 1.56 bits per heavy atom. The third-order valence-electron chi connectivity index (χ3n) is 4.96. The Morgan fingerprint density at radius 1 is 0.906 bits per heavy atom. The van der Waals surface area contributed by atoms with Gasteiger partial charge in [-0.05, 0) is 59.5 Å². The van der Waals surface area contributed by atoms with Crippen LogP contribution in [0.15, 0.2) is 71.2 Å². The molecule has 3 rings (SSSR count). The van der Waals surface area contributed by atoms with Crippen LogP contribution in [-0.4, -0.2) is 19.4 Å². The van der Waals surface area contributed by atoms with Crippen LogP contribution in [0.3, 0.4) is 0 Å². The van der Waals surface area contributed by atoms with E-state index in [0.29, 0.717) is 29.9 Å². The Kier molecular flexibility index (Phi) is 8.32. The average molecular weight is 511 g/mol. The number of hydrogen-bond donors (Lipinski definition) is 0. The standard InChI is InChI=1S/C25H23BrF4O2/c1-2-32-22-10-6-19(7-11-22)23(25(28,29)30)16-31-15-18-5-12-24(27)20(14-18)13-17-3-8-21(26)9-4-17/h3-12,14,23H,2,13,15-16H2,1H3. The molecule has 1 unspecified atom stereocenters. The molecule has 170 valence electrons. The van der Waals surface area contributed by atoms with Gasteiger partial charge in [0.15, 0.2) is 0 Å². The fourth-order valence-corrected chi connectivity index (χ4v) is 3.58. The molecule has 0 bridgehead atoms. The molecule has 0 amide bonds. The molecule has 0 saturated carbocycles. The molecule has 0 N–H and O–H groups in total. The van der Waals surface area contributed by atoms with Gasteiger partial charge in [-0.15, -0.1) is 0 Å². The second kappa shape index (κ2) is 11.0. The van der Waals surface area contributed by atoms with Crippen LogP contribution < -0.4 is 4.74 Å². The van der Waals surface area contributed by atoms with Crippen molar-refractivity contribution in [3.63, 3.8) is 0 Å². The van der Waals surface area contributed by atoms with E-state index in [-0.39, 0.29) is 18.0 Å². The van der Waals surface area contributed by atoms with Gasteiger partial charge in [-0.2, -0.15) is 13.2 Å². The van der Waals surface area contributed by atoms with Crippen molar-refractivity contribution in [3.8, 4) is 5.75 Å². The van der Waals surface area contributed by atoms with E-state index >= 15 is 0 Å². The van der Waals surface area contributed by atoms with Crippen LogP contribution in [-0.2, 0) is 17.8 Å². The van der Waals surface area contributed by atoms with Crippen LogP contribution in [0, 0.1) is 5.82 Å². The zero-order chi connectivity index (χ0) is 23.1. The number of benzene rings is 3. The first-order valence-electron chi connectivity index (χ1n) is 10.1. The van der Waals surface area contributed by atoms with Crippen molar-refractivity contribution >= 4 is 15.9 Å². The van der Waals surface area contributed by atoms with E-state index in [9.17, 15) is 17.6 Å². The van der Waals surface area contributed by atoms with E-state index in [1.54, 1.807) is 13.0 Å². The van der Waals surface area contributed by atoms with Gasteiger partial charge in [0.1, 0.15) is 17.5 Å². The predicted octanol–water partition coefficient (Wildman–Crippen LogP) is 7.44. The van der Waals surface area contributed by atoms with Gasteiger partial charge in [-0.3, -0.25) is 0 Å². The average Bonchev–Trinajstić information content (AvgIpc) is 2.75. The van der Waals surface area contributed by atoms with Gasteiger partial charge in [0.2, 0.25) is 0 Å². The highest BCUT2D eigenvalue weighted by Gasteiger charge is 2.40. The number of halogens is 5. The molecule has 0 heterocycles. The van der Waals surface area contributed by atoms with Crippen LogP contribution >= 0.6 is 15.9 Å². The van der Waals surface area contributed by atoms with E-state index in [2.05, 4.69) is 15.9 Å². The molecule has 3 aromatic carbocycles. The Hall–Kier alpha value is -2.38. The lowest BCUT2D eigenvalue weighted by molar-refractivity contribution is -0.163. The molecule has 0 saturated heterocycles. The lowest BCUT2D eigenvalue weighted by Crippen LogP contribution is -2.25. The molecule has 7 heteroatoms. The van der Waals surface area contributed by atoms with E-state index in [4.69, 9.17) is 9.47 Å². The smallest absolute Gasteiger partial charge is 0.397 e. The topological polar surface area (TPSA) is 18.5 Å². The predicted molar refractivity (Wildman–Crippen MR) is 119 cm³/mol. The van der Waals surface area contributed by atoms with Crippen LogP contribution in [0.25, 0.3) is 0 Å². The van der Waals surface area contributed by atoms with Gasteiger partial charge in [0.05, 0.1) is 19.8 Å². The molecule has 0 aliphatic rings. The maximum absolute atomic E-state index is 14.2. The van der Waals surface area contributed by atoms with Crippen molar-refractivity contribution in [2.45, 2.75) is 32.0 Å². The van der Waals surface area contributed by atoms with Crippen LogP contribution in [0.2, 0.25) is 0 Å². The van der Waals surface area contributed by atoms with Crippen molar-refractivity contribution in [2.24, 2.45) is 0 Å². The summed E-state index contributed by atoms with van der Waals surface area (Å²) in [4.78, 5) is 0. The van der Waals surface area contributed by atoms with Gasteiger partial charge in [-0.1, -0.05) is 52.3 Å². The van der Waals surface area contributed by atoms with Crippen molar-refractivity contribution in [2.75, 3.05) is 13.2 Å². The largest absolute Gasteiger partial charge is 0.494 e. The van der Waals surface area contributed by atoms with Gasteiger partial charge in [-0.25, -0.2) is 4.39 Å². The number of rotatable bonds is 9. The van der Waals surface area contributed by atoms with E-state index in [0.717, 1.165) is 10.0 Å². The Morgan fingerprint density at radius 3 is 2.19 bits per heavy atom. The monoisotopic (exact) mass is 510 g/mol. The summed E-state index contributed by atoms with van der Waals surface area (Å²) in [6.07, 6.45) is -4.08. The quantitative estimate of drug-likeness (QED) is 0.278. The Labute approximate surface area is 193 Å². The van der Waals surface area contributed by atoms with E-state index in [1.165, 1.54) is 36.4 Å². The summed E-state index contributed by atoms with van der Waals surface area (Å²) in [6, 6.07) is 17.8. The van der Waals surface area contributed by atoms with Gasteiger partial charge in [0, 0.05) is 10.9 Å². The normalized spacial score (nSPS) is 12.6. The molecule has 0 aliphatic carbocycles. The lowest BCUT2D eigenvalue weighted by Gasteiger charge is -2.21. The van der Waals surface area contributed by atoms with Crippen molar-refractivity contribution in [3.05, 3.63) is 99.3 Å². The number of alkyl halides is 3. The molecule has 3 aromatic rings. The third-order valence-corrected chi connectivity index (χ3v) is 5.49. The molecule has 2 nitrogen and oxygen atoms in total. The highest BCUT2D eigenvalue weighted by molar-refractivity contribution is 9.10. The summed E-state index contributed by atoms with van der Waals surface area (Å²) in [5.41, 5.74) is 2.12. The molecule has 0 radical (unpaired) electrons. The summed E-state index contributed by atoms with van der Waals surface area (Å²) in [6.45, 7) is 1.67.